The van der Waals surface area contributed by atoms with Gasteiger partial charge in [0, 0.05) is 9.37 Å². The first kappa shape index (κ1) is 12.8. The fraction of sp³-hybridized carbons (Fsp3) is 0. The van der Waals surface area contributed by atoms with Gasteiger partial charge >= 0.3 is 5.69 Å². The number of nitrogen functional groups attached to an aromatic ring is 1. The van der Waals surface area contributed by atoms with Crippen LogP contribution in [-0.2, 0) is 0 Å². The molecule has 1 aromatic heterocycles. The highest BCUT2D eigenvalue weighted by molar-refractivity contribution is 9.10. The highest BCUT2D eigenvalue weighted by Gasteiger charge is 2.22. The maximum atomic E-state index is 10.9. The highest BCUT2D eigenvalue weighted by atomic mass is 79.9. The van der Waals surface area contributed by atoms with E-state index in [1.54, 1.807) is 0 Å². The zero-order valence-electron chi connectivity index (χ0n) is 8.91. The quantitative estimate of drug-likeness (QED) is 0.529. The summed E-state index contributed by atoms with van der Waals surface area (Å²) >= 11 is 4.53. The van der Waals surface area contributed by atoms with E-state index in [4.69, 9.17) is 5.73 Å². The molecule has 0 amide bonds. The number of rotatable bonds is 3. The Hall–Kier alpha value is -1.67. The Labute approximate surface area is 115 Å². The van der Waals surface area contributed by atoms with Crippen LogP contribution in [0.15, 0.2) is 45.0 Å². The minimum absolute atomic E-state index is 0.135. The molecule has 6 nitrogen and oxygen atoms in total. The van der Waals surface area contributed by atoms with Crippen molar-refractivity contribution in [3.05, 3.63) is 45.2 Å². The summed E-state index contributed by atoms with van der Waals surface area (Å²) in [7, 11) is 0. The van der Waals surface area contributed by atoms with Crippen molar-refractivity contribution in [1.29, 1.82) is 0 Å². The van der Waals surface area contributed by atoms with E-state index in [9.17, 15) is 10.1 Å². The van der Waals surface area contributed by atoms with Crippen molar-refractivity contribution in [2.45, 2.75) is 9.92 Å². The molecule has 8 heteroatoms. The van der Waals surface area contributed by atoms with E-state index in [2.05, 4.69) is 25.9 Å². The Morgan fingerprint density at radius 1 is 1.33 bits per heavy atom. The molecular formula is C10H7BrN4O2S. The van der Waals surface area contributed by atoms with Crippen LogP contribution >= 0.6 is 27.7 Å². The Morgan fingerprint density at radius 3 is 2.72 bits per heavy atom. The summed E-state index contributed by atoms with van der Waals surface area (Å²) in [6.07, 6.45) is 1.21. The van der Waals surface area contributed by atoms with Crippen LogP contribution in [-0.4, -0.2) is 14.9 Å². The number of benzene rings is 1. The predicted octanol–water partition coefficient (Wildman–Crippen LogP) is 2.88. The Balaban J connectivity index is 2.44. The molecular weight excluding hydrogens is 320 g/mol. The Bertz CT molecular complexity index is 608. The minimum Gasteiger partial charge on any atom is -0.378 e. The van der Waals surface area contributed by atoms with Gasteiger partial charge in [-0.15, -0.1) is 0 Å². The van der Waals surface area contributed by atoms with E-state index in [1.807, 2.05) is 24.3 Å². The molecule has 0 spiro atoms. The van der Waals surface area contributed by atoms with Gasteiger partial charge in [-0.3, -0.25) is 10.1 Å². The second-order valence-corrected chi connectivity index (χ2v) is 5.09. The fourth-order valence-electron chi connectivity index (χ4n) is 1.25. The lowest BCUT2D eigenvalue weighted by Gasteiger charge is -2.04. The number of hydrogen-bond acceptors (Lipinski definition) is 6. The van der Waals surface area contributed by atoms with Crippen LogP contribution in [0.4, 0.5) is 11.5 Å². The summed E-state index contributed by atoms with van der Waals surface area (Å²) < 4.78 is 0.835. The summed E-state index contributed by atoms with van der Waals surface area (Å²) in [6.45, 7) is 0. The number of nitro groups is 1. The van der Waals surface area contributed by atoms with Gasteiger partial charge in [0.15, 0.2) is 5.03 Å². The van der Waals surface area contributed by atoms with E-state index in [0.717, 1.165) is 21.1 Å². The van der Waals surface area contributed by atoms with Crippen molar-refractivity contribution >= 4 is 39.2 Å². The van der Waals surface area contributed by atoms with Gasteiger partial charge in [0.1, 0.15) is 6.33 Å². The van der Waals surface area contributed by atoms with Gasteiger partial charge in [0.2, 0.25) is 5.82 Å². The minimum atomic E-state index is -0.575. The average molecular weight is 327 g/mol. The molecule has 0 atom stereocenters. The van der Waals surface area contributed by atoms with Crippen molar-refractivity contribution in [2.24, 2.45) is 0 Å². The third-order valence-electron chi connectivity index (χ3n) is 2.04. The van der Waals surface area contributed by atoms with Gasteiger partial charge in [-0.25, -0.2) is 9.97 Å². The van der Waals surface area contributed by atoms with Crippen LogP contribution in [0.5, 0.6) is 0 Å². The molecule has 0 aliphatic carbocycles. The van der Waals surface area contributed by atoms with Crippen molar-refractivity contribution < 1.29 is 4.92 Å². The Kier molecular flexibility index (Phi) is 3.78. The van der Waals surface area contributed by atoms with E-state index in [0.29, 0.717) is 0 Å². The predicted molar refractivity (Wildman–Crippen MR) is 71.4 cm³/mol. The largest absolute Gasteiger partial charge is 0.378 e. The highest BCUT2D eigenvalue weighted by Crippen LogP contribution is 2.38. The third-order valence-corrected chi connectivity index (χ3v) is 4.06. The van der Waals surface area contributed by atoms with Gasteiger partial charge < -0.3 is 5.73 Å². The van der Waals surface area contributed by atoms with Crippen LogP contribution in [0, 0.1) is 10.1 Å². The van der Waals surface area contributed by atoms with Crippen molar-refractivity contribution in [3.63, 3.8) is 0 Å². The molecule has 0 fully saturated rings. The SMILES string of the molecule is Nc1ncnc(Sc2ccccc2Br)c1[N+](=O)[O-]. The van der Waals surface area contributed by atoms with E-state index in [1.165, 1.54) is 6.33 Å². The summed E-state index contributed by atoms with van der Waals surface area (Å²) in [5, 5.41) is 11.2. The molecule has 92 valence electrons. The van der Waals surface area contributed by atoms with Crippen molar-refractivity contribution in [2.75, 3.05) is 5.73 Å². The zero-order valence-corrected chi connectivity index (χ0v) is 11.3. The van der Waals surface area contributed by atoms with E-state index < -0.39 is 4.92 Å². The number of aromatic nitrogens is 2. The first-order chi connectivity index (χ1) is 8.59. The molecule has 0 aliphatic rings. The van der Waals surface area contributed by atoms with Crippen LogP contribution in [0.1, 0.15) is 0 Å². The van der Waals surface area contributed by atoms with E-state index in [-0.39, 0.29) is 16.5 Å². The summed E-state index contributed by atoms with van der Waals surface area (Å²) in [4.78, 5) is 18.7. The second-order valence-electron chi connectivity index (χ2n) is 3.20. The summed E-state index contributed by atoms with van der Waals surface area (Å²) in [6, 6.07) is 7.37. The maximum absolute atomic E-state index is 10.9. The number of nitrogens with zero attached hydrogens (tertiary/aromatic N) is 3. The molecule has 2 aromatic rings. The molecule has 0 bridgehead atoms. The molecule has 2 rings (SSSR count). The summed E-state index contributed by atoms with van der Waals surface area (Å²) in [5.41, 5.74) is 5.23. The molecule has 2 N–H and O–H groups in total. The zero-order chi connectivity index (χ0) is 13.1. The number of nitrogens with two attached hydrogens (primary N) is 1. The van der Waals surface area contributed by atoms with Crippen LogP contribution in [0.3, 0.4) is 0 Å². The first-order valence-electron chi connectivity index (χ1n) is 4.77. The van der Waals surface area contributed by atoms with Gasteiger partial charge in [0.05, 0.1) is 4.92 Å². The van der Waals surface area contributed by atoms with Gasteiger partial charge in [-0.05, 0) is 28.1 Å². The molecule has 0 radical (unpaired) electrons. The van der Waals surface area contributed by atoms with Crippen molar-refractivity contribution in [1.82, 2.24) is 9.97 Å². The monoisotopic (exact) mass is 326 g/mol. The second kappa shape index (κ2) is 5.32. The topological polar surface area (TPSA) is 94.9 Å². The van der Waals surface area contributed by atoms with Gasteiger partial charge in [0.25, 0.3) is 0 Å². The first-order valence-corrected chi connectivity index (χ1v) is 6.38. The lowest BCUT2D eigenvalue weighted by atomic mass is 10.4. The smallest absolute Gasteiger partial charge is 0.343 e. The van der Waals surface area contributed by atoms with Gasteiger partial charge in [-0.2, -0.15) is 0 Å². The lowest BCUT2D eigenvalue weighted by molar-refractivity contribution is -0.387. The number of anilines is 1. The van der Waals surface area contributed by atoms with Gasteiger partial charge in [-0.1, -0.05) is 23.9 Å². The average Bonchev–Trinajstić information content (AvgIpc) is 2.31. The number of hydrogen-bond donors (Lipinski definition) is 1. The maximum Gasteiger partial charge on any atom is 0.343 e. The summed E-state index contributed by atoms with van der Waals surface area (Å²) in [5.74, 6) is -0.135. The van der Waals surface area contributed by atoms with Crippen LogP contribution in [0.25, 0.3) is 0 Å². The third kappa shape index (κ3) is 2.59. The molecule has 1 heterocycles. The number of halogens is 1. The molecule has 0 aliphatic heterocycles. The molecule has 0 saturated heterocycles. The van der Waals surface area contributed by atoms with Crippen LogP contribution < -0.4 is 5.73 Å². The lowest BCUT2D eigenvalue weighted by Crippen LogP contribution is -2.01. The van der Waals surface area contributed by atoms with Crippen molar-refractivity contribution in [3.8, 4) is 0 Å². The Morgan fingerprint density at radius 2 is 2.06 bits per heavy atom. The standard InChI is InChI=1S/C10H7BrN4O2S/c11-6-3-1-2-4-7(6)18-10-8(15(16)17)9(12)13-5-14-10/h1-5H,(H2,12,13,14). The molecule has 0 unspecified atom stereocenters. The molecule has 18 heavy (non-hydrogen) atoms. The van der Waals surface area contributed by atoms with E-state index >= 15 is 0 Å². The fourth-order valence-corrected chi connectivity index (χ4v) is 2.68. The molecule has 0 saturated carbocycles. The van der Waals surface area contributed by atoms with Crippen LogP contribution in [0.2, 0.25) is 0 Å². The normalized spacial score (nSPS) is 10.3. The molecule has 1 aromatic carbocycles.